The first kappa shape index (κ1) is 22.8. The zero-order chi connectivity index (χ0) is 22.5. The summed E-state index contributed by atoms with van der Waals surface area (Å²) in [5.74, 6) is 1.05. The molecule has 8 heteroatoms. The Balaban J connectivity index is 1.88. The Hall–Kier alpha value is -1.83. The van der Waals surface area contributed by atoms with Gasteiger partial charge in [-0.25, -0.2) is 4.98 Å². The minimum atomic E-state index is -4.82. The first-order chi connectivity index (χ1) is 13.7. The predicted molar refractivity (Wildman–Crippen MR) is 104 cm³/mol. The summed E-state index contributed by atoms with van der Waals surface area (Å²) in [6.07, 6.45) is -8.36. The zero-order valence-corrected chi connectivity index (χ0v) is 17.4. The van der Waals surface area contributed by atoms with Crippen LogP contribution in [0.4, 0.5) is 26.3 Å². The summed E-state index contributed by atoms with van der Waals surface area (Å²) in [6.45, 7) is 9.02. The quantitative estimate of drug-likeness (QED) is 0.548. The van der Waals surface area contributed by atoms with Crippen molar-refractivity contribution in [1.82, 2.24) is 10.3 Å². The summed E-state index contributed by atoms with van der Waals surface area (Å²) in [7, 11) is 0. The lowest BCUT2D eigenvalue weighted by molar-refractivity contribution is -0.142. The van der Waals surface area contributed by atoms with Crippen LogP contribution in [0.1, 0.15) is 50.9 Å². The number of para-hydroxylation sites is 1. The van der Waals surface area contributed by atoms with Crippen LogP contribution in [0.3, 0.4) is 0 Å². The molecular weight excluding hydrogens is 406 g/mol. The maximum absolute atomic E-state index is 13.3. The fraction of sp³-hybridized carbons (Fsp3) is 0.591. The second kappa shape index (κ2) is 7.70. The van der Waals surface area contributed by atoms with Crippen molar-refractivity contribution >= 4 is 10.9 Å². The van der Waals surface area contributed by atoms with Gasteiger partial charge in [-0.2, -0.15) is 26.3 Å². The smallest absolute Gasteiger partial charge is 0.314 e. The molecule has 1 aliphatic carbocycles. The van der Waals surface area contributed by atoms with Gasteiger partial charge in [0.1, 0.15) is 5.69 Å². The average molecular weight is 432 g/mol. The number of nitrogens with zero attached hydrogens (tertiary/aromatic N) is 1. The Bertz CT molecular complexity index is 916. The van der Waals surface area contributed by atoms with E-state index in [4.69, 9.17) is 0 Å². The molecule has 0 amide bonds. The van der Waals surface area contributed by atoms with E-state index < -0.39 is 29.1 Å². The standard InChI is InChI=1S/C22H26F6N2/c1-12-10-17(20(12,3)4)13(2)29-9-8-14-11-18(22(26,27)28)30-19-15(14)6-5-7-16(19)21(23,24)25/h5-7,11-13,17,29H,8-10H2,1-4H3. The molecule has 0 saturated heterocycles. The van der Waals surface area contributed by atoms with Crippen molar-refractivity contribution in [2.75, 3.05) is 6.54 Å². The summed E-state index contributed by atoms with van der Waals surface area (Å²) in [4.78, 5) is 3.33. The maximum Gasteiger partial charge on any atom is 0.433 e. The molecule has 2 nitrogen and oxygen atoms in total. The second-order valence-electron chi connectivity index (χ2n) is 8.92. The minimum Gasteiger partial charge on any atom is -0.314 e. The monoisotopic (exact) mass is 432 g/mol. The highest BCUT2D eigenvalue weighted by molar-refractivity contribution is 5.86. The third-order valence-electron chi connectivity index (χ3n) is 6.82. The van der Waals surface area contributed by atoms with Gasteiger partial charge in [-0.3, -0.25) is 0 Å². The summed E-state index contributed by atoms with van der Waals surface area (Å²) in [5, 5.41) is 3.45. The minimum absolute atomic E-state index is 0.102. The van der Waals surface area contributed by atoms with E-state index in [-0.39, 0.29) is 28.8 Å². The Morgan fingerprint density at radius 3 is 2.33 bits per heavy atom. The van der Waals surface area contributed by atoms with E-state index in [9.17, 15) is 26.3 Å². The van der Waals surface area contributed by atoms with Crippen LogP contribution in [0.2, 0.25) is 0 Å². The highest BCUT2D eigenvalue weighted by Gasteiger charge is 2.47. The van der Waals surface area contributed by atoms with Gasteiger partial charge >= 0.3 is 12.4 Å². The van der Waals surface area contributed by atoms with E-state index in [2.05, 4.69) is 31.1 Å². The fourth-order valence-corrected chi connectivity index (χ4v) is 4.52. The molecule has 0 spiro atoms. The number of alkyl halides is 6. The van der Waals surface area contributed by atoms with Gasteiger partial charge in [-0.05, 0) is 61.3 Å². The van der Waals surface area contributed by atoms with Crippen LogP contribution in [0.25, 0.3) is 10.9 Å². The summed E-state index contributed by atoms with van der Waals surface area (Å²) < 4.78 is 79.9. The second-order valence-corrected chi connectivity index (χ2v) is 8.92. The maximum atomic E-state index is 13.3. The Morgan fingerprint density at radius 1 is 1.13 bits per heavy atom. The van der Waals surface area contributed by atoms with E-state index in [0.717, 1.165) is 18.6 Å². The molecule has 30 heavy (non-hydrogen) atoms. The number of rotatable bonds is 5. The molecule has 0 bridgehead atoms. The zero-order valence-electron chi connectivity index (χ0n) is 17.4. The lowest BCUT2D eigenvalue weighted by Crippen LogP contribution is -2.52. The highest BCUT2D eigenvalue weighted by atomic mass is 19.4. The molecule has 1 heterocycles. The Labute approximate surface area is 172 Å². The number of pyridine rings is 1. The van der Waals surface area contributed by atoms with Crippen LogP contribution in [0.5, 0.6) is 0 Å². The van der Waals surface area contributed by atoms with Gasteiger partial charge in [0.2, 0.25) is 0 Å². The van der Waals surface area contributed by atoms with E-state index in [1.54, 1.807) is 0 Å². The van der Waals surface area contributed by atoms with Crippen molar-refractivity contribution in [2.24, 2.45) is 17.3 Å². The van der Waals surface area contributed by atoms with E-state index in [0.29, 0.717) is 18.4 Å². The summed E-state index contributed by atoms with van der Waals surface area (Å²) in [5.41, 5.74) is -2.72. The lowest BCUT2D eigenvalue weighted by Gasteiger charge is -2.53. The molecule has 166 valence electrons. The molecule has 1 saturated carbocycles. The van der Waals surface area contributed by atoms with E-state index >= 15 is 0 Å². The van der Waals surface area contributed by atoms with Crippen molar-refractivity contribution in [2.45, 2.75) is 58.9 Å². The molecule has 3 unspecified atom stereocenters. The third kappa shape index (κ3) is 4.29. The van der Waals surface area contributed by atoms with Crippen molar-refractivity contribution in [3.63, 3.8) is 0 Å². The van der Waals surface area contributed by atoms with Crippen LogP contribution in [-0.2, 0) is 18.8 Å². The van der Waals surface area contributed by atoms with Gasteiger partial charge in [0.05, 0.1) is 11.1 Å². The van der Waals surface area contributed by atoms with Gasteiger partial charge in [0.15, 0.2) is 0 Å². The molecule has 1 aliphatic rings. The van der Waals surface area contributed by atoms with E-state index in [1.165, 1.54) is 12.1 Å². The SMILES string of the molecule is CC(NCCc1cc(C(F)(F)F)nc2c(C(F)(F)F)cccc12)C1CC(C)C1(C)C. The molecule has 1 N–H and O–H groups in total. The number of benzene rings is 1. The Morgan fingerprint density at radius 2 is 1.80 bits per heavy atom. The molecule has 0 radical (unpaired) electrons. The molecular formula is C22H26F6N2. The molecule has 3 rings (SSSR count). The van der Waals surface area contributed by atoms with E-state index in [1.807, 2.05) is 6.92 Å². The number of fused-ring (bicyclic) bond motifs is 1. The topological polar surface area (TPSA) is 24.9 Å². The summed E-state index contributed by atoms with van der Waals surface area (Å²) in [6, 6.07) is 4.39. The van der Waals surface area contributed by atoms with Gasteiger partial charge in [-0.1, -0.05) is 32.9 Å². The van der Waals surface area contributed by atoms with Gasteiger partial charge in [0.25, 0.3) is 0 Å². The summed E-state index contributed by atoms with van der Waals surface area (Å²) >= 11 is 0. The number of hydrogen-bond acceptors (Lipinski definition) is 2. The molecule has 1 aromatic carbocycles. The largest absolute Gasteiger partial charge is 0.433 e. The predicted octanol–water partition coefficient (Wildman–Crippen LogP) is 6.48. The van der Waals surface area contributed by atoms with Gasteiger partial charge in [0, 0.05) is 11.4 Å². The molecule has 2 aromatic rings. The normalized spacial score (nSPS) is 22.7. The van der Waals surface area contributed by atoms with Gasteiger partial charge < -0.3 is 5.32 Å². The van der Waals surface area contributed by atoms with Crippen LogP contribution in [-0.4, -0.2) is 17.6 Å². The molecule has 1 aromatic heterocycles. The van der Waals surface area contributed by atoms with Crippen LogP contribution < -0.4 is 5.32 Å². The fourth-order valence-electron chi connectivity index (χ4n) is 4.52. The lowest BCUT2D eigenvalue weighted by atomic mass is 9.53. The van der Waals surface area contributed by atoms with Crippen molar-refractivity contribution in [3.05, 3.63) is 41.1 Å². The average Bonchev–Trinajstić information content (AvgIpc) is 2.63. The number of nitrogens with one attached hydrogen (secondary N) is 1. The first-order valence-corrected chi connectivity index (χ1v) is 10.0. The van der Waals surface area contributed by atoms with Gasteiger partial charge in [-0.15, -0.1) is 0 Å². The number of hydrogen-bond donors (Lipinski definition) is 1. The van der Waals surface area contributed by atoms with Crippen molar-refractivity contribution in [1.29, 1.82) is 0 Å². The highest BCUT2D eigenvalue weighted by Crippen LogP contribution is 2.52. The number of halogens is 6. The van der Waals surface area contributed by atoms with Crippen LogP contribution >= 0.6 is 0 Å². The number of aromatic nitrogens is 1. The molecule has 1 fully saturated rings. The first-order valence-electron chi connectivity index (χ1n) is 10.0. The third-order valence-corrected chi connectivity index (χ3v) is 6.82. The van der Waals surface area contributed by atoms with Crippen LogP contribution in [0, 0.1) is 17.3 Å². The molecule has 0 aliphatic heterocycles. The van der Waals surface area contributed by atoms with Crippen molar-refractivity contribution < 1.29 is 26.3 Å². The van der Waals surface area contributed by atoms with Crippen LogP contribution in [0.15, 0.2) is 24.3 Å². The van der Waals surface area contributed by atoms with Crippen molar-refractivity contribution in [3.8, 4) is 0 Å². The Kier molecular flexibility index (Phi) is 5.86. The molecule has 3 atom stereocenters.